The summed E-state index contributed by atoms with van der Waals surface area (Å²) in [7, 11) is 1.52. The quantitative estimate of drug-likeness (QED) is 0.189. The van der Waals surface area contributed by atoms with Crippen LogP contribution in [0, 0.1) is 3.57 Å². The topological polar surface area (TPSA) is 67.9 Å². The van der Waals surface area contributed by atoms with Crippen molar-refractivity contribution in [3.8, 4) is 11.5 Å². The van der Waals surface area contributed by atoms with Crippen molar-refractivity contribution >= 4 is 75.1 Å². The van der Waals surface area contributed by atoms with Crippen molar-refractivity contribution in [1.29, 1.82) is 0 Å². The zero-order valence-corrected chi connectivity index (χ0v) is 19.5. The monoisotopic (exact) mass is 554 g/mol. The summed E-state index contributed by atoms with van der Waals surface area (Å²) in [6.45, 7) is 3.95. The van der Waals surface area contributed by atoms with Crippen LogP contribution in [0.5, 0.6) is 11.5 Å². The first kappa shape index (κ1) is 22.3. The van der Waals surface area contributed by atoms with Gasteiger partial charge in [0.15, 0.2) is 16.6 Å². The highest BCUT2D eigenvalue weighted by Crippen LogP contribution is 2.35. The highest BCUT2D eigenvalue weighted by Gasteiger charge is 2.34. The van der Waals surface area contributed by atoms with Crippen molar-refractivity contribution in [2.24, 2.45) is 0 Å². The van der Waals surface area contributed by atoms with E-state index in [1.165, 1.54) is 18.1 Å². The van der Waals surface area contributed by atoms with Crippen molar-refractivity contribution in [2.45, 2.75) is 0 Å². The molecule has 0 bridgehead atoms. The minimum Gasteiger partial charge on any atom is -0.493 e. The van der Waals surface area contributed by atoms with Gasteiger partial charge in [-0.3, -0.25) is 19.8 Å². The van der Waals surface area contributed by atoms with Crippen LogP contribution in [0.25, 0.3) is 6.08 Å². The molecule has 2 aromatic carbocycles. The van der Waals surface area contributed by atoms with Crippen molar-refractivity contribution in [3.63, 3.8) is 0 Å². The van der Waals surface area contributed by atoms with Gasteiger partial charge in [-0.25, -0.2) is 0 Å². The smallest absolute Gasteiger partial charge is 0.270 e. The number of anilines is 1. The molecule has 0 spiro atoms. The lowest BCUT2D eigenvalue weighted by atomic mass is 10.1. The molecule has 30 heavy (non-hydrogen) atoms. The van der Waals surface area contributed by atoms with Crippen LogP contribution in [0.1, 0.15) is 5.56 Å². The molecule has 0 atom stereocenters. The van der Waals surface area contributed by atoms with Crippen LogP contribution in [0.4, 0.5) is 5.69 Å². The van der Waals surface area contributed by atoms with E-state index in [0.717, 1.165) is 3.57 Å². The van der Waals surface area contributed by atoms with E-state index >= 15 is 0 Å². The van der Waals surface area contributed by atoms with E-state index in [-0.39, 0.29) is 10.7 Å². The van der Waals surface area contributed by atoms with Crippen molar-refractivity contribution in [2.75, 3.05) is 18.6 Å². The fourth-order valence-electron chi connectivity index (χ4n) is 2.75. The van der Waals surface area contributed by atoms with E-state index in [9.17, 15) is 9.59 Å². The van der Waals surface area contributed by atoms with Gasteiger partial charge in [-0.15, -0.1) is 0 Å². The Labute approximate surface area is 197 Å². The van der Waals surface area contributed by atoms with Crippen LogP contribution in [-0.2, 0) is 9.59 Å². The number of carbonyl (C=O) groups excluding carboxylic acids is 2. The largest absolute Gasteiger partial charge is 0.493 e. The molecule has 154 valence electrons. The summed E-state index contributed by atoms with van der Waals surface area (Å²) in [6.07, 6.45) is 3.12. The van der Waals surface area contributed by atoms with Gasteiger partial charge >= 0.3 is 0 Å². The molecular formula is C21H16ClIN2O4S. The van der Waals surface area contributed by atoms with Gasteiger partial charge in [0.05, 0.1) is 16.4 Å². The standard InChI is InChI=1S/C21H16ClIN2O4S/c1-3-8-29-18-16(23)10-12(11-17(18)28-2)9-15-19(26)24-21(30)25(20(15)27)14-6-4-13(22)5-7-14/h3-7,9-11H,1,8H2,2H3,(H,24,26,30). The third-order valence-electron chi connectivity index (χ3n) is 4.09. The first-order valence-corrected chi connectivity index (χ1v) is 10.5. The number of methoxy groups -OCH3 is 1. The van der Waals surface area contributed by atoms with Crippen LogP contribution in [0.3, 0.4) is 0 Å². The zero-order chi connectivity index (χ0) is 21.8. The summed E-state index contributed by atoms with van der Waals surface area (Å²) in [5, 5.41) is 3.08. The molecule has 0 aromatic heterocycles. The number of hydrogen-bond donors (Lipinski definition) is 1. The Balaban J connectivity index is 2.01. The molecule has 3 rings (SSSR count). The molecule has 1 aliphatic heterocycles. The summed E-state index contributed by atoms with van der Waals surface area (Å²) < 4.78 is 11.8. The molecule has 2 aromatic rings. The molecule has 0 radical (unpaired) electrons. The minimum atomic E-state index is -0.573. The Morgan fingerprint density at radius 1 is 1.27 bits per heavy atom. The summed E-state index contributed by atoms with van der Waals surface area (Å²) in [5.74, 6) is -0.0731. The predicted octanol–water partition coefficient (Wildman–Crippen LogP) is 4.35. The van der Waals surface area contributed by atoms with Crippen LogP contribution >= 0.6 is 46.4 Å². The highest BCUT2D eigenvalue weighted by atomic mass is 127. The fourth-order valence-corrected chi connectivity index (χ4v) is 3.94. The normalized spacial score (nSPS) is 15.2. The summed E-state index contributed by atoms with van der Waals surface area (Å²) in [6, 6.07) is 10.1. The van der Waals surface area contributed by atoms with Gasteiger partial charge < -0.3 is 9.47 Å². The van der Waals surface area contributed by atoms with E-state index in [0.29, 0.717) is 34.4 Å². The first-order valence-electron chi connectivity index (χ1n) is 8.64. The van der Waals surface area contributed by atoms with Crippen molar-refractivity contribution in [3.05, 3.63) is 68.8 Å². The van der Waals surface area contributed by atoms with Gasteiger partial charge in [0.25, 0.3) is 11.8 Å². The minimum absolute atomic E-state index is 0.00445. The average Bonchev–Trinajstić information content (AvgIpc) is 2.71. The number of hydrogen-bond acceptors (Lipinski definition) is 5. The number of thiocarbonyl (C=S) groups is 1. The van der Waals surface area contributed by atoms with E-state index in [2.05, 4.69) is 34.5 Å². The SMILES string of the molecule is C=CCOc1c(I)cc(C=C2C(=O)NC(=S)N(c3ccc(Cl)cc3)C2=O)cc1OC. The molecule has 0 unspecified atom stereocenters. The average molecular weight is 555 g/mol. The maximum Gasteiger partial charge on any atom is 0.270 e. The van der Waals surface area contributed by atoms with E-state index in [1.807, 2.05) is 0 Å². The van der Waals surface area contributed by atoms with Gasteiger partial charge in [-0.1, -0.05) is 24.3 Å². The fraction of sp³-hybridized carbons (Fsp3) is 0.0952. The Bertz CT molecular complexity index is 1070. The second kappa shape index (κ2) is 9.59. The van der Waals surface area contributed by atoms with Gasteiger partial charge in [0, 0.05) is 5.02 Å². The molecule has 1 N–H and O–H groups in total. The summed E-state index contributed by atoms with van der Waals surface area (Å²) in [5.41, 5.74) is 1.04. The third kappa shape index (κ3) is 4.66. The molecule has 0 aliphatic carbocycles. The number of carbonyl (C=O) groups is 2. The molecule has 1 saturated heterocycles. The molecular weight excluding hydrogens is 539 g/mol. The highest BCUT2D eigenvalue weighted by molar-refractivity contribution is 14.1. The van der Waals surface area contributed by atoms with Gasteiger partial charge in [-0.2, -0.15) is 0 Å². The first-order chi connectivity index (χ1) is 14.3. The number of amides is 2. The summed E-state index contributed by atoms with van der Waals surface area (Å²) >= 11 is 13.2. The van der Waals surface area contributed by atoms with Crippen molar-refractivity contribution < 1.29 is 19.1 Å². The number of nitrogens with zero attached hydrogens (tertiary/aromatic N) is 1. The zero-order valence-electron chi connectivity index (χ0n) is 15.8. The van der Waals surface area contributed by atoms with E-state index in [4.69, 9.17) is 33.3 Å². The van der Waals surface area contributed by atoms with Gasteiger partial charge in [-0.05, 0) is 82.8 Å². The molecule has 6 nitrogen and oxygen atoms in total. The van der Waals surface area contributed by atoms with E-state index < -0.39 is 11.8 Å². The molecule has 1 fully saturated rings. The Hall–Kier alpha value is -2.43. The van der Waals surface area contributed by atoms with Crippen LogP contribution in [-0.4, -0.2) is 30.6 Å². The number of nitrogens with one attached hydrogen (secondary N) is 1. The van der Waals surface area contributed by atoms with Gasteiger partial charge in [0.2, 0.25) is 0 Å². The lowest BCUT2D eigenvalue weighted by Crippen LogP contribution is -2.54. The second-order valence-corrected chi connectivity index (χ2v) is 8.05. The lowest BCUT2D eigenvalue weighted by molar-refractivity contribution is -0.122. The number of halogens is 2. The van der Waals surface area contributed by atoms with Gasteiger partial charge in [0.1, 0.15) is 12.2 Å². The van der Waals surface area contributed by atoms with Crippen molar-refractivity contribution in [1.82, 2.24) is 5.32 Å². The Kier molecular flexibility index (Phi) is 7.11. The molecule has 9 heteroatoms. The summed E-state index contributed by atoms with van der Waals surface area (Å²) in [4.78, 5) is 26.8. The predicted molar refractivity (Wildman–Crippen MR) is 129 cm³/mol. The maximum absolute atomic E-state index is 13.1. The molecule has 0 saturated carbocycles. The van der Waals surface area contributed by atoms with Crippen LogP contribution in [0.15, 0.2) is 54.6 Å². The van der Waals surface area contributed by atoms with Crippen LogP contribution < -0.4 is 19.7 Å². The maximum atomic E-state index is 13.1. The number of benzene rings is 2. The number of rotatable bonds is 6. The lowest BCUT2D eigenvalue weighted by Gasteiger charge is -2.29. The Morgan fingerprint density at radius 3 is 2.60 bits per heavy atom. The van der Waals surface area contributed by atoms with Crippen LogP contribution in [0.2, 0.25) is 5.02 Å². The second-order valence-electron chi connectivity index (χ2n) is 6.07. The molecule has 2 amide bonds. The Morgan fingerprint density at radius 2 is 1.97 bits per heavy atom. The molecule has 1 heterocycles. The van der Waals surface area contributed by atoms with E-state index in [1.54, 1.807) is 42.5 Å². The third-order valence-corrected chi connectivity index (χ3v) is 5.43. The number of ether oxygens (including phenoxy) is 2. The molecule has 1 aliphatic rings.